The van der Waals surface area contributed by atoms with Crippen LogP contribution in [0.2, 0.25) is 0 Å². The molecule has 0 fully saturated rings. The number of nitrogens with one attached hydrogen (secondary N) is 2. The second-order valence-electron chi connectivity index (χ2n) is 13.1. The van der Waals surface area contributed by atoms with Crippen LogP contribution in [0.15, 0.2) is 0 Å². The second kappa shape index (κ2) is 20.8. The van der Waals surface area contributed by atoms with Gasteiger partial charge in [0.05, 0.1) is 6.04 Å². The molecule has 0 aliphatic heterocycles. The molecule has 1 atom stereocenters. The highest BCUT2D eigenvalue weighted by molar-refractivity contribution is 5.00. The molecule has 0 aliphatic carbocycles. The van der Waals surface area contributed by atoms with Crippen molar-refractivity contribution in [2.45, 2.75) is 146 Å². The Hall–Kier alpha value is -0.160. The van der Waals surface area contributed by atoms with Gasteiger partial charge in [-0.3, -0.25) is 15.1 Å². The van der Waals surface area contributed by atoms with Gasteiger partial charge in [0.25, 0.3) is 0 Å². The van der Waals surface area contributed by atoms with Crippen LogP contribution in [0.25, 0.3) is 0 Å². The monoisotopic (exact) mass is 511 g/mol. The molecule has 0 amide bonds. The Morgan fingerprint density at radius 2 is 0.944 bits per heavy atom. The highest BCUT2D eigenvalue weighted by Crippen LogP contribution is 2.30. The summed E-state index contributed by atoms with van der Waals surface area (Å²) in [6.07, 6.45) is 11.7. The molecule has 0 aromatic carbocycles. The Labute approximate surface area is 229 Å². The van der Waals surface area contributed by atoms with Crippen LogP contribution in [-0.2, 0) is 0 Å². The Morgan fingerprint density at radius 3 is 1.33 bits per heavy atom. The Kier molecular flexibility index (Phi) is 20.7. The molecule has 2 N–H and O–H groups in total. The van der Waals surface area contributed by atoms with E-state index >= 15 is 0 Å². The molecule has 0 aromatic rings. The number of unbranched alkanes of at least 4 members (excludes halogenated alkanes) is 5. The predicted octanol–water partition coefficient (Wildman–Crippen LogP) is 7.99. The molecular weight excluding hydrogens is 440 g/mol. The van der Waals surface area contributed by atoms with Crippen molar-refractivity contribution >= 4 is 0 Å². The fraction of sp³-hybridized carbons (Fsp3) is 1.00. The van der Waals surface area contributed by atoms with Crippen molar-refractivity contribution in [3.05, 3.63) is 0 Å². The van der Waals surface area contributed by atoms with Gasteiger partial charge in [0.15, 0.2) is 0 Å². The van der Waals surface area contributed by atoms with Crippen molar-refractivity contribution in [2.75, 3.05) is 39.3 Å². The van der Waals surface area contributed by atoms with Crippen LogP contribution in [0, 0.1) is 23.7 Å². The Bertz CT molecular complexity index is 445. The van der Waals surface area contributed by atoms with E-state index in [-0.39, 0.29) is 5.79 Å². The molecule has 0 aromatic heterocycles. The van der Waals surface area contributed by atoms with E-state index in [0.29, 0.717) is 29.7 Å². The summed E-state index contributed by atoms with van der Waals surface area (Å²) in [4.78, 5) is 5.74. The number of hydrogen-bond donors (Lipinski definition) is 2. The average Bonchev–Trinajstić information content (AvgIpc) is 2.77. The zero-order valence-corrected chi connectivity index (χ0v) is 26.9. The van der Waals surface area contributed by atoms with Crippen molar-refractivity contribution < 1.29 is 0 Å². The number of hydrogen-bond acceptors (Lipinski definition) is 4. The van der Waals surface area contributed by atoms with Crippen LogP contribution in [-0.4, -0.2) is 60.9 Å². The first-order chi connectivity index (χ1) is 17.0. The van der Waals surface area contributed by atoms with Gasteiger partial charge in [0.2, 0.25) is 0 Å². The zero-order valence-electron chi connectivity index (χ0n) is 26.9. The Balaban J connectivity index is 6.64. The average molecular weight is 511 g/mol. The molecule has 0 radical (unpaired) electrons. The molecule has 0 heterocycles. The molecule has 218 valence electrons. The zero-order chi connectivity index (χ0) is 27.6. The molecule has 0 aliphatic rings. The molecule has 0 saturated heterocycles. The largest absolute Gasteiger partial charge is 0.310 e. The molecule has 36 heavy (non-hydrogen) atoms. The van der Waals surface area contributed by atoms with E-state index < -0.39 is 0 Å². The third-order valence-corrected chi connectivity index (χ3v) is 6.91. The minimum Gasteiger partial charge on any atom is -0.310 e. The van der Waals surface area contributed by atoms with E-state index in [1.165, 1.54) is 51.4 Å². The van der Waals surface area contributed by atoms with E-state index in [9.17, 15) is 0 Å². The smallest absolute Gasteiger partial charge is 0.144 e. The third kappa shape index (κ3) is 14.1. The van der Waals surface area contributed by atoms with Gasteiger partial charge in [0.1, 0.15) is 5.79 Å². The van der Waals surface area contributed by atoms with Crippen LogP contribution in [0.3, 0.4) is 0 Å². The fourth-order valence-electron chi connectivity index (χ4n) is 5.66. The molecule has 0 spiro atoms. The van der Waals surface area contributed by atoms with Crippen molar-refractivity contribution in [1.82, 2.24) is 20.4 Å². The SMILES string of the molecule is CCCCCCCCC(NCCC)C(NCCC)(N(CC(C)C)CC(C)C)N(CC(C)C)CC(C)C. The summed E-state index contributed by atoms with van der Waals surface area (Å²) < 4.78 is 0. The predicted molar refractivity (Wildman–Crippen MR) is 164 cm³/mol. The first-order valence-corrected chi connectivity index (χ1v) is 16.0. The van der Waals surface area contributed by atoms with Crippen LogP contribution < -0.4 is 10.6 Å². The normalized spacial score (nSPS) is 13.9. The van der Waals surface area contributed by atoms with Gasteiger partial charge in [0, 0.05) is 26.2 Å². The second-order valence-corrected chi connectivity index (χ2v) is 13.1. The van der Waals surface area contributed by atoms with Crippen molar-refractivity contribution in [1.29, 1.82) is 0 Å². The molecule has 1 unspecified atom stereocenters. The minimum absolute atomic E-state index is 0.169. The number of nitrogens with zero attached hydrogens (tertiary/aromatic N) is 2. The van der Waals surface area contributed by atoms with E-state index in [0.717, 1.165) is 45.7 Å². The van der Waals surface area contributed by atoms with E-state index in [2.05, 4.69) is 96.6 Å². The standard InChI is InChI=1S/C32H70N4/c1-12-15-16-17-18-19-20-31(33-21-13-2)32(34-22-14-3,35(23-27(4)5)24-28(6)7)36(25-29(8)9)26-30(10)11/h27-31,33-34H,12-26H2,1-11H3. The van der Waals surface area contributed by atoms with Gasteiger partial charge >= 0.3 is 0 Å². The maximum Gasteiger partial charge on any atom is 0.144 e. The van der Waals surface area contributed by atoms with E-state index in [1.807, 2.05) is 0 Å². The van der Waals surface area contributed by atoms with Crippen molar-refractivity contribution in [2.24, 2.45) is 23.7 Å². The quantitative estimate of drug-likeness (QED) is 0.102. The lowest BCUT2D eigenvalue weighted by Crippen LogP contribution is -2.78. The van der Waals surface area contributed by atoms with Gasteiger partial charge in [-0.2, -0.15) is 0 Å². The maximum absolute atomic E-state index is 4.26. The highest BCUT2D eigenvalue weighted by Gasteiger charge is 2.48. The molecule has 0 rings (SSSR count). The fourth-order valence-corrected chi connectivity index (χ4v) is 5.66. The summed E-state index contributed by atoms with van der Waals surface area (Å²) in [5.41, 5.74) is 0. The van der Waals surface area contributed by atoms with E-state index in [4.69, 9.17) is 0 Å². The lowest BCUT2D eigenvalue weighted by molar-refractivity contribution is -0.129. The summed E-state index contributed by atoms with van der Waals surface area (Å²) in [5.74, 6) is 2.36. The summed E-state index contributed by atoms with van der Waals surface area (Å²) in [7, 11) is 0. The molecule has 4 nitrogen and oxygen atoms in total. The Morgan fingerprint density at radius 1 is 0.528 bits per heavy atom. The van der Waals surface area contributed by atoms with Crippen LogP contribution in [0.5, 0.6) is 0 Å². The summed E-state index contributed by atoms with van der Waals surface area (Å²) in [6, 6.07) is 0.408. The van der Waals surface area contributed by atoms with E-state index in [1.54, 1.807) is 0 Å². The van der Waals surface area contributed by atoms with Crippen molar-refractivity contribution in [3.8, 4) is 0 Å². The third-order valence-electron chi connectivity index (χ3n) is 6.91. The first-order valence-electron chi connectivity index (χ1n) is 16.0. The molecular formula is C32H70N4. The van der Waals surface area contributed by atoms with Crippen molar-refractivity contribution in [3.63, 3.8) is 0 Å². The number of rotatable bonds is 24. The lowest BCUT2D eigenvalue weighted by Gasteiger charge is -2.57. The summed E-state index contributed by atoms with van der Waals surface area (Å²) in [6.45, 7) is 32.8. The molecule has 0 saturated carbocycles. The van der Waals surface area contributed by atoms with Gasteiger partial charge in [-0.15, -0.1) is 0 Å². The van der Waals surface area contributed by atoms with Crippen LogP contribution in [0.1, 0.15) is 134 Å². The topological polar surface area (TPSA) is 30.5 Å². The van der Waals surface area contributed by atoms with Crippen LogP contribution >= 0.6 is 0 Å². The van der Waals surface area contributed by atoms with Gasteiger partial charge < -0.3 is 5.32 Å². The first kappa shape index (κ1) is 35.8. The minimum atomic E-state index is -0.169. The lowest BCUT2D eigenvalue weighted by atomic mass is 9.93. The summed E-state index contributed by atoms with van der Waals surface area (Å²) >= 11 is 0. The maximum atomic E-state index is 4.26. The highest BCUT2D eigenvalue weighted by atomic mass is 15.5. The molecule has 4 heteroatoms. The van der Waals surface area contributed by atoms with Gasteiger partial charge in [-0.05, 0) is 56.0 Å². The summed E-state index contributed by atoms with van der Waals surface area (Å²) in [5, 5.41) is 8.39. The van der Waals surface area contributed by atoms with Crippen LogP contribution in [0.4, 0.5) is 0 Å². The molecule has 0 bridgehead atoms. The van der Waals surface area contributed by atoms with Gasteiger partial charge in [-0.1, -0.05) is 115 Å². The van der Waals surface area contributed by atoms with Gasteiger partial charge in [-0.25, -0.2) is 0 Å².